The molecular formula is C25H28N2O6. The first-order valence-electron chi connectivity index (χ1n) is 11.1. The monoisotopic (exact) mass is 452 g/mol. The number of nitrogens with one attached hydrogen (secondary N) is 1. The number of fused-ring (bicyclic) bond motifs is 3. The smallest absolute Gasteiger partial charge is 0.407 e. The average Bonchev–Trinajstić information content (AvgIpc) is 3.37. The van der Waals surface area contributed by atoms with E-state index in [-0.39, 0.29) is 31.5 Å². The number of likely N-dealkylation sites (tertiary alicyclic amines) is 1. The van der Waals surface area contributed by atoms with Crippen LogP contribution in [0.3, 0.4) is 0 Å². The first-order chi connectivity index (χ1) is 15.9. The highest BCUT2D eigenvalue weighted by molar-refractivity contribution is 5.86. The first-order valence-corrected chi connectivity index (χ1v) is 11.1. The van der Waals surface area contributed by atoms with Gasteiger partial charge in [0.15, 0.2) is 0 Å². The normalized spacial score (nSPS) is 20.1. The van der Waals surface area contributed by atoms with Gasteiger partial charge in [-0.25, -0.2) is 4.79 Å². The maximum absolute atomic E-state index is 12.8. The van der Waals surface area contributed by atoms with Crippen LogP contribution in [0.1, 0.15) is 30.9 Å². The van der Waals surface area contributed by atoms with E-state index >= 15 is 0 Å². The Morgan fingerprint density at radius 2 is 1.67 bits per heavy atom. The SMILES string of the molecule is CCOC1CN(C(=O)[C@@H](C)NC(=O)OCC2c3ccccc3-c3ccccc32)CC1C(=O)O. The van der Waals surface area contributed by atoms with Gasteiger partial charge in [0, 0.05) is 25.6 Å². The molecule has 1 aliphatic carbocycles. The van der Waals surface area contributed by atoms with E-state index in [1.807, 2.05) is 36.4 Å². The van der Waals surface area contributed by atoms with Crippen molar-refractivity contribution in [2.75, 3.05) is 26.3 Å². The van der Waals surface area contributed by atoms with E-state index in [1.54, 1.807) is 13.8 Å². The Labute approximate surface area is 192 Å². The summed E-state index contributed by atoms with van der Waals surface area (Å²) in [6, 6.07) is 15.3. The molecule has 0 spiro atoms. The Morgan fingerprint density at radius 3 is 2.24 bits per heavy atom. The largest absolute Gasteiger partial charge is 0.481 e. The van der Waals surface area contributed by atoms with E-state index in [4.69, 9.17) is 9.47 Å². The summed E-state index contributed by atoms with van der Waals surface area (Å²) in [6.07, 6.45) is -1.24. The first kappa shape index (κ1) is 22.8. The molecule has 8 nitrogen and oxygen atoms in total. The number of hydrogen-bond acceptors (Lipinski definition) is 5. The van der Waals surface area contributed by atoms with Crippen LogP contribution >= 0.6 is 0 Å². The fourth-order valence-electron chi connectivity index (χ4n) is 4.73. The summed E-state index contributed by atoms with van der Waals surface area (Å²) in [5.41, 5.74) is 4.48. The highest BCUT2D eigenvalue weighted by atomic mass is 16.5. The van der Waals surface area contributed by atoms with Crippen LogP contribution in [0.2, 0.25) is 0 Å². The summed E-state index contributed by atoms with van der Waals surface area (Å²) in [6.45, 7) is 4.09. The van der Waals surface area contributed by atoms with Crippen LogP contribution in [0, 0.1) is 5.92 Å². The van der Waals surface area contributed by atoms with Crippen molar-refractivity contribution in [2.24, 2.45) is 5.92 Å². The molecule has 2 N–H and O–H groups in total. The van der Waals surface area contributed by atoms with E-state index in [0.29, 0.717) is 6.61 Å². The lowest BCUT2D eigenvalue weighted by Gasteiger charge is -2.22. The Kier molecular flexibility index (Phi) is 6.65. The third-order valence-electron chi connectivity index (χ3n) is 6.32. The quantitative estimate of drug-likeness (QED) is 0.669. The number of carboxylic acid groups (broad SMARTS) is 1. The van der Waals surface area contributed by atoms with Crippen LogP contribution in [0.15, 0.2) is 48.5 Å². The molecule has 33 heavy (non-hydrogen) atoms. The van der Waals surface area contributed by atoms with Gasteiger partial charge in [-0.15, -0.1) is 0 Å². The van der Waals surface area contributed by atoms with Crippen LogP contribution in [0.4, 0.5) is 4.79 Å². The third-order valence-corrected chi connectivity index (χ3v) is 6.32. The molecule has 2 aromatic carbocycles. The highest BCUT2D eigenvalue weighted by Crippen LogP contribution is 2.44. The van der Waals surface area contributed by atoms with Gasteiger partial charge in [-0.1, -0.05) is 48.5 Å². The summed E-state index contributed by atoms with van der Waals surface area (Å²) >= 11 is 0. The molecule has 4 rings (SSSR count). The number of rotatable bonds is 7. The van der Waals surface area contributed by atoms with Gasteiger partial charge in [-0.05, 0) is 36.1 Å². The van der Waals surface area contributed by atoms with Crippen molar-refractivity contribution in [1.82, 2.24) is 10.2 Å². The number of carbonyl (C=O) groups excluding carboxylic acids is 2. The number of hydrogen-bond donors (Lipinski definition) is 2. The fraction of sp³-hybridized carbons (Fsp3) is 0.400. The van der Waals surface area contributed by atoms with Crippen molar-refractivity contribution in [3.63, 3.8) is 0 Å². The van der Waals surface area contributed by atoms with Gasteiger partial charge in [-0.3, -0.25) is 9.59 Å². The molecule has 1 fully saturated rings. The lowest BCUT2D eigenvalue weighted by atomic mass is 9.98. The molecule has 1 saturated heterocycles. The van der Waals surface area contributed by atoms with Gasteiger partial charge in [0.25, 0.3) is 0 Å². The van der Waals surface area contributed by atoms with Gasteiger partial charge in [0.05, 0.1) is 6.10 Å². The second kappa shape index (κ2) is 9.62. The van der Waals surface area contributed by atoms with Crippen molar-refractivity contribution in [2.45, 2.75) is 31.9 Å². The Balaban J connectivity index is 1.35. The number of carbonyl (C=O) groups is 3. The van der Waals surface area contributed by atoms with Crippen molar-refractivity contribution in [3.8, 4) is 11.1 Å². The summed E-state index contributed by atoms with van der Waals surface area (Å²) < 4.78 is 11.0. The van der Waals surface area contributed by atoms with E-state index < -0.39 is 30.1 Å². The van der Waals surface area contributed by atoms with E-state index in [0.717, 1.165) is 22.3 Å². The van der Waals surface area contributed by atoms with Crippen LogP contribution in [-0.2, 0) is 19.1 Å². The maximum atomic E-state index is 12.8. The molecule has 0 radical (unpaired) electrons. The zero-order valence-electron chi connectivity index (χ0n) is 18.7. The molecule has 1 heterocycles. The van der Waals surface area contributed by atoms with Crippen LogP contribution < -0.4 is 5.32 Å². The minimum Gasteiger partial charge on any atom is -0.481 e. The minimum atomic E-state index is -0.999. The molecule has 0 saturated carbocycles. The topological polar surface area (TPSA) is 105 Å². The molecule has 2 unspecified atom stereocenters. The number of benzene rings is 2. The average molecular weight is 453 g/mol. The maximum Gasteiger partial charge on any atom is 0.407 e. The van der Waals surface area contributed by atoms with E-state index in [2.05, 4.69) is 17.4 Å². The lowest BCUT2D eigenvalue weighted by Crippen LogP contribution is -2.46. The third kappa shape index (κ3) is 4.57. The van der Waals surface area contributed by atoms with Gasteiger partial charge in [0.2, 0.25) is 5.91 Å². The van der Waals surface area contributed by atoms with Crippen LogP contribution in [-0.4, -0.2) is 66.4 Å². The lowest BCUT2D eigenvalue weighted by molar-refractivity contribution is -0.145. The zero-order chi connectivity index (χ0) is 23.5. The fourth-order valence-corrected chi connectivity index (χ4v) is 4.73. The molecule has 0 bridgehead atoms. The molecule has 0 aromatic heterocycles. The molecule has 174 valence electrons. The Bertz CT molecular complexity index is 1010. The van der Waals surface area contributed by atoms with Crippen molar-refractivity contribution in [3.05, 3.63) is 59.7 Å². The number of carboxylic acids is 1. The molecule has 8 heteroatoms. The number of alkyl carbamates (subject to hydrolysis) is 1. The number of aliphatic carboxylic acids is 1. The molecular weight excluding hydrogens is 424 g/mol. The molecule has 3 atom stereocenters. The summed E-state index contributed by atoms with van der Waals surface area (Å²) in [7, 11) is 0. The number of ether oxygens (including phenoxy) is 2. The minimum absolute atomic E-state index is 0.0511. The molecule has 2 aliphatic rings. The summed E-state index contributed by atoms with van der Waals surface area (Å²) in [5, 5.41) is 12.0. The van der Waals surface area contributed by atoms with Crippen molar-refractivity contribution >= 4 is 18.0 Å². The summed E-state index contributed by atoms with van der Waals surface area (Å²) in [4.78, 5) is 38.2. The molecule has 2 aromatic rings. The standard InChI is InChI=1S/C25H28N2O6/c1-3-32-22-13-27(12-20(22)24(29)30)23(28)15(2)26-25(31)33-14-21-18-10-6-4-8-16(18)17-9-5-7-11-19(17)21/h4-11,15,20-22H,3,12-14H2,1-2H3,(H,26,31)(H,29,30)/t15-,20?,22?/m1/s1. The van der Waals surface area contributed by atoms with E-state index in [1.165, 1.54) is 4.90 Å². The highest BCUT2D eigenvalue weighted by Gasteiger charge is 2.41. The van der Waals surface area contributed by atoms with Crippen molar-refractivity contribution < 1.29 is 29.0 Å². The second-order valence-electron chi connectivity index (χ2n) is 8.37. The van der Waals surface area contributed by atoms with Crippen LogP contribution in [0.5, 0.6) is 0 Å². The van der Waals surface area contributed by atoms with Crippen molar-refractivity contribution in [1.29, 1.82) is 0 Å². The van der Waals surface area contributed by atoms with Crippen LogP contribution in [0.25, 0.3) is 11.1 Å². The Morgan fingerprint density at radius 1 is 1.06 bits per heavy atom. The Hall–Kier alpha value is -3.39. The van der Waals surface area contributed by atoms with Gasteiger partial charge < -0.3 is 24.8 Å². The van der Waals surface area contributed by atoms with Gasteiger partial charge in [0.1, 0.15) is 18.6 Å². The molecule has 2 amide bonds. The predicted molar refractivity (Wildman–Crippen MR) is 121 cm³/mol. The van der Waals surface area contributed by atoms with Gasteiger partial charge >= 0.3 is 12.1 Å². The number of amides is 2. The second-order valence-corrected chi connectivity index (χ2v) is 8.37. The summed E-state index contributed by atoms with van der Waals surface area (Å²) in [5.74, 6) is -2.22. The van der Waals surface area contributed by atoms with E-state index in [9.17, 15) is 19.5 Å². The number of nitrogens with zero attached hydrogens (tertiary/aromatic N) is 1. The predicted octanol–water partition coefficient (Wildman–Crippen LogP) is 2.86. The zero-order valence-corrected chi connectivity index (χ0v) is 18.7. The van der Waals surface area contributed by atoms with Gasteiger partial charge in [-0.2, -0.15) is 0 Å². The molecule has 1 aliphatic heterocycles.